The first-order valence-corrected chi connectivity index (χ1v) is 5.71. The van der Waals surface area contributed by atoms with Gasteiger partial charge in [-0.3, -0.25) is 4.99 Å². The van der Waals surface area contributed by atoms with Crippen LogP contribution < -0.4 is 4.90 Å². The van der Waals surface area contributed by atoms with E-state index in [-0.39, 0.29) is 0 Å². The van der Waals surface area contributed by atoms with E-state index in [0.717, 1.165) is 31.9 Å². The maximum Gasteiger partial charge on any atom is 0.0653 e. The zero-order valence-electron chi connectivity index (χ0n) is 10.1. The molecule has 16 heavy (non-hydrogen) atoms. The molecule has 0 bridgehead atoms. The van der Waals surface area contributed by atoms with Gasteiger partial charge in [0.25, 0.3) is 0 Å². The molecule has 1 aliphatic heterocycles. The number of hydrogen-bond donors (Lipinski definition) is 0. The molecule has 1 aliphatic rings. The summed E-state index contributed by atoms with van der Waals surface area (Å²) in [5.74, 6) is 0. The molecule has 3 nitrogen and oxygen atoms in total. The highest BCUT2D eigenvalue weighted by Gasteiger charge is 2.14. The molecule has 0 unspecified atom stereocenters. The highest BCUT2D eigenvalue weighted by Crippen LogP contribution is 2.24. The summed E-state index contributed by atoms with van der Waals surface area (Å²) in [6.45, 7) is 10.2. The minimum absolute atomic E-state index is 0.984. The zero-order chi connectivity index (χ0) is 11.5. The fourth-order valence-corrected chi connectivity index (χ4v) is 2.08. The van der Waals surface area contributed by atoms with Gasteiger partial charge in [0, 0.05) is 31.9 Å². The summed E-state index contributed by atoms with van der Waals surface area (Å²) in [7, 11) is 2.17. The van der Waals surface area contributed by atoms with E-state index in [1.807, 2.05) is 0 Å². The first-order valence-electron chi connectivity index (χ1n) is 5.71. The van der Waals surface area contributed by atoms with E-state index in [1.54, 1.807) is 0 Å². The number of piperazine rings is 1. The van der Waals surface area contributed by atoms with Gasteiger partial charge in [0.05, 0.1) is 5.69 Å². The number of nitrogens with zero attached hydrogens (tertiary/aromatic N) is 3. The Labute approximate surface area is 97.4 Å². The number of rotatable bonds is 2. The molecule has 86 valence electrons. The zero-order valence-corrected chi connectivity index (χ0v) is 10.1. The summed E-state index contributed by atoms with van der Waals surface area (Å²) in [5, 5.41) is 0. The van der Waals surface area contributed by atoms with Crippen LogP contribution in [0.2, 0.25) is 0 Å². The van der Waals surface area contributed by atoms with E-state index < -0.39 is 0 Å². The Morgan fingerprint density at radius 2 is 1.88 bits per heavy atom. The lowest BCUT2D eigenvalue weighted by Gasteiger charge is -2.34. The smallest absolute Gasteiger partial charge is 0.0653 e. The fourth-order valence-electron chi connectivity index (χ4n) is 2.08. The molecule has 0 aliphatic carbocycles. The Kier molecular flexibility index (Phi) is 3.25. The van der Waals surface area contributed by atoms with Gasteiger partial charge in [-0.1, -0.05) is 0 Å². The SMILES string of the molecule is C=Nc1ccc(N2CCN(C)CC2)cc1C. The van der Waals surface area contributed by atoms with E-state index in [0.29, 0.717) is 0 Å². The van der Waals surface area contributed by atoms with Crippen molar-refractivity contribution in [3.8, 4) is 0 Å². The summed E-state index contributed by atoms with van der Waals surface area (Å²) in [6, 6.07) is 6.40. The average molecular weight is 217 g/mol. The standard InChI is InChI=1S/C13H19N3/c1-11-10-12(4-5-13(11)14-2)16-8-6-15(3)7-9-16/h4-5,10H,2,6-9H2,1,3H3. The Hall–Kier alpha value is -1.35. The lowest BCUT2D eigenvalue weighted by atomic mass is 10.1. The van der Waals surface area contributed by atoms with Crippen LogP contribution in [0.15, 0.2) is 23.2 Å². The molecule has 1 fully saturated rings. The van der Waals surface area contributed by atoms with Gasteiger partial charge in [-0.05, 0) is 44.5 Å². The maximum atomic E-state index is 3.99. The van der Waals surface area contributed by atoms with Crippen molar-refractivity contribution in [2.45, 2.75) is 6.92 Å². The monoisotopic (exact) mass is 217 g/mol. The van der Waals surface area contributed by atoms with E-state index in [1.165, 1.54) is 11.3 Å². The fraction of sp³-hybridized carbons (Fsp3) is 0.462. The van der Waals surface area contributed by atoms with Gasteiger partial charge in [0.1, 0.15) is 0 Å². The molecule has 0 N–H and O–H groups in total. The second kappa shape index (κ2) is 4.66. The Bertz CT molecular complexity index is 379. The van der Waals surface area contributed by atoms with Gasteiger partial charge < -0.3 is 9.80 Å². The van der Waals surface area contributed by atoms with Crippen molar-refractivity contribution in [2.75, 3.05) is 38.1 Å². The maximum absolute atomic E-state index is 3.99. The van der Waals surface area contributed by atoms with Crippen LogP contribution in [0.1, 0.15) is 5.56 Å². The van der Waals surface area contributed by atoms with Crippen LogP contribution in [0.25, 0.3) is 0 Å². The molecule has 1 heterocycles. The van der Waals surface area contributed by atoms with Crippen molar-refractivity contribution in [1.82, 2.24) is 4.90 Å². The Morgan fingerprint density at radius 1 is 1.19 bits per heavy atom. The summed E-state index contributed by atoms with van der Waals surface area (Å²) < 4.78 is 0. The molecule has 0 atom stereocenters. The summed E-state index contributed by atoms with van der Waals surface area (Å²) >= 11 is 0. The molecule has 0 aromatic heterocycles. The third-order valence-corrected chi connectivity index (χ3v) is 3.22. The molecule has 0 saturated carbocycles. The molecule has 2 rings (SSSR count). The van der Waals surface area contributed by atoms with Crippen molar-refractivity contribution in [3.63, 3.8) is 0 Å². The van der Waals surface area contributed by atoms with Crippen LogP contribution in [-0.4, -0.2) is 44.8 Å². The molecule has 0 radical (unpaired) electrons. The number of hydrogen-bond acceptors (Lipinski definition) is 3. The Morgan fingerprint density at radius 3 is 2.44 bits per heavy atom. The number of aryl methyl sites for hydroxylation is 1. The second-order valence-corrected chi connectivity index (χ2v) is 4.42. The van der Waals surface area contributed by atoms with Crippen molar-refractivity contribution in [1.29, 1.82) is 0 Å². The third kappa shape index (κ3) is 2.25. The van der Waals surface area contributed by atoms with E-state index in [4.69, 9.17) is 0 Å². The molecule has 1 aromatic carbocycles. The van der Waals surface area contributed by atoms with E-state index >= 15 is 0 Å². The molecule has 0 spiro atoms. The van der Waals surface area contributed by atoms with Crippen molar-refractivity contribution in [2.24, 2.45) is 4.99 Å². The number of anilines is 1. The normalized spacial score (nSPS) is 17.5. The first-order chi connectivity index (χ1) is 7.70. The minimum Gasteiger partial charge on any atom is -0.369 e. The van der Waals surface area contributed by atoms with Crippen molar-refractivity contribution >= 4 is 18.1 Å². The largest absolute Gasteiger partial charge is 0.369 e. The van der Waals surface area contributed by atoms with E-state index in [2.05, 4.69) is 53.7 Å². The highest BCUT2D eigenvalue weighted by atomic mass is 15.2. The number of likely N-dealkylation sites (N-methyl/N-ethyl adjacent to an activating group) is 1. The predicted molar refractivity (Wildman–Crippen MR) is 70.1 cm³/mol. The number of benzene rings is 1. The topological polar surface area (TPSA) is 18.8 Å². The average Bonchev–Trinajstić information content (AvgIpc) is 2.30. The van der Waals surface area contributed by atoms with Crippen LogP contribution in [0.3, 0.4) is 0 Å². The summed E-state index contributed by atoms with van der Waals surface area (Å²) in [4.78, 5) is 8.79. The van der Waals surface area contributed by atoms with Gasteiger partial charge in [-0.2, -0.15) is 0 Å². The van der Waals surface area contributed by atoms with Crippen LogP contribution >= 0.6 is 0 Å². The predicted octanol–water partition coefficient (Wildman–Crippen LogP) is 2.08. The molecular weight excluding hydrogens is 198 g/mol. The Balaban J connectivity index is 2.15. The molecule has 3 heteroatoms. The molecule has 0 amide bonds. The summed E-state index contributed by atoms with van der Waals surface area (Å²) in [5.41, 5.74) is 3.49. The van der Waals surface area contributed by atoms with Gasteiger partial charge in [0.2, 0.25) is 0 Å². The van der Waals surface area contributed by atoms with Gasteiger partial charge >= 0.3 is 0 Å². The van der Waals surface area contributed by atoms with Gasteiger partial charge in [0.15, 0.2) is 0 Å². The number of aliphatic imine (C=N–C) groups is 1. The molecular formula is C13H19N3. The lowest BCUT2D eigenvalue weighted by molar-refractivity contribution is 0.313. The van der Waals surface area contributed by atoms with Crippen LogP contribution in [0.5, 0.6) is 0 Å². The van der Waals surface area contributed by atoms with Gasteiger partial charge in [-0.25, -0.2) is 0 Å². The van der Waals surface area contributed by atoms with Crippen LogP contribution in [-0.2, 0) is 0 Å². The third-order valence-electron chi connectivity index (χ3n) is 3.22. The molecule has 1 aromatic rings. The quantitative estimate of drug-likeness (QED) is 0.706. The first kappa shape index (κ1) is 11.1. The summed E-state index contributed by atoms with van der Waals surface area (Å²) in [6.07, 6.45) is 0. The van der Waals surface area contributed by atoms with Crippen molar-refractivity contribution < 1.29 is 0 Å². The van der Waals surface area contributed by atoms with Crippen molar-refractivity contribution in [3.05, 3.63) is 23.8 Å². The second-order valence-electron chi connectivity index (χ2n) is 4.42. The highest BCUT2D eigenvalue weighted by molar-refractivity contribution is 5.59. The lowest BCUT2D eigenvalue weighted by Crippen LogP contribution is -2.44. The van der Waals surface area contributed by atoms with Crippen LogP contribution in [0, 0.1) is 6.92 Å². The van der Waals surface area contributed by atoms with Gasteiger partial charge in [-0.15, -0.1) is 0 Å². The van der Waals surface area contributed by atoms with Crippen LogP contribution in [0.4, 0.5) is 11.4 Å². The molecule has 1 saturated heterocycles. The van der Waals surface area contributed by atoms with E-state index in [9.17, 15) is 0 Å². The minimum atomic E-state index is 0.984.